The smallest absolute Gasteiger partial charge is 0.316 e. The van der Waals surface area contributed by atoms with Crippen molar-refractivity contribution in [2.45, 2.75) is 12.5 Å². The van der Waals surface area contributed by atoms with Crippen LogP contribution in [0.15, 0.2) is 12.2 Å². The van der Waals surface area contributed by atoms with Gasteiger partial charge in [0.1, 0.15) is 6.61 Å². The quantitative estimate of drug-likeness (QED) is 0.438. The average Bonchev–Trinajstić information content (AvgIpc) is 2.64. The van der Waals surface area contributed by atoms with Crippen molar-refractivity contribution in [1.29, 1.82) is 0 Å². The molecule has 3 heteroatoms. The minimum absolute atomic E-state index is 0.0323. The van der Waals surface area contributed by atoms with Gasteiger partial charge in [0.05, 0.1) is 12.0 Å². The molecule has 0 aromatic carbocycles. The second kappa shape index (κ2) is 2.66. The molecule has 1 aliphatic heterocycles. The fourth-order valence-electron chi connectivity index (χ4n) is 0.900. The highest BCUT2D eigenvalue weighted by Gasteiger charge is 2.25. The largest absolute Gasteiger partial charge is 0.462 e. The van der Waals surface area contributed by atoms with Gasteiger partial charge in [0.2, 0.25) is 0 Å². The van der Waals surface area contributed by atoms with Crippen LogP contribution in [0.4, 0.5) is 0 Å². The standard InChI is InChI=1S/C8H10O3/c9-8(6-1-2-6)11-5-7-3-4-10-7/h1-2,6-7H,3-5H2. The lowest BCUT2D eigenvalue weighted by Crippen LogP contribution is -2.32. The average molecular weight is 154 g/mol. The summed E-state index contributed by atoms with van der Waals surface area (Å²) in [5.74, 6) is -0.171. The van der Waals surface area contributed by atoms with E-state index in [0.717, 1.165) is 13.0 Å². The minimum atomic E-state index is -0.138. The summed E-state index contributed by atoms with van der Waals surface area (Å²) in [7, 11) is 0. The molecule has 0 spiro atoms. The van der Waals surface area contributed by atoms with Crippen molar-refractivity contribution in [3.8, 4) is 0 Å². The molecule has 1 aliphatic carbocycles. The van der Waals surface area contributed by atoms with Gasteiger partial charge in [-0.05, 0) is 0 Å². The van der Waals surface area contributed by atoms with E-state index in [1.807, 2.05) is 12.2 Å². The van der Waals surface area contributed by atoms with Gasteiger partial charge in [0.25, 0.3) is 0 Å². The summed E-state index contributed by atoms with van der Waals surface area (Å²) in [5.41, 5.74) is 0. The molecule has 1 unspecified atom stereocenters. The summed E-state index contributed by atoms with van der Waals surface area (Å²) in [6.45, 7) is 1.24. The highest BCUT2D eigenvalue weighted by molar-refractivity contribution is 5.80. The van der Waals surface area contributed by atoms with Gasteiger partial charge < -0.3 is 9.47 Å². The summed E-state index contributed by atoms with van der Waals surface area (Å²) in [5, 5.41) is 0. The first-order chi connectivity index (χ1) is 5.36. The fourth-order valence-corrected chi connectivity index (χ4v) is 0.900. The van der Waals surface area contributed by atoms with Crippen LogP contribution >= 0.6 is 0 Å². The lowest BCUT2D eigenvalue weighted by atomic mass is 10.2. The maximum atomic E-state index is 10.9. The lowest BCUT2D eigenvalue weighted by Gasteiger charge is -2.25. The summed E-state index contributed by atoms with van der Waals surface area (Å²) >= 11 is 0. The highest BCUT2D eigenvalue weighted by atomic mass is 16.6. The van der Waals surface area contributed by atoms with Crippen LogP contribution in [0.25, 0.3) is 0 Å². The van der Waals surface area contributed by atoms with Crippen LogP contribution in [0.1, 0.15) is 6.42 Å². The van der Waals surface area contributed by atoms with Crippen molar-refractivity contribution >= 4 is 5.97 Å². The van der Waals surface area contributed by atoms with E-state index in [-0.39, 0.29) is 18.0 Å². The predicted molar refractivity (Wildman–Crippen MR) is 37.9 cm³/mol. The van der Waals surface area contributed by atoms with Gasteiger partial charge in [-0.2, -0.15) is 0 Å². The molecule has 2 aliphatic rings. The van der Waals surface area contributed by atoms with Crippen molar-refractivity contribution in [3.63, 3.8) is 0 Å². The maximum Gasteiger partial charge on any atom is 0.316 e. The third kappa shape index (κ3) is 1.60. The number of hydrogen-bond acceptors (Lipinski definition) is 3. The molecule has 60 valence electrons. The monoisotopic (exact) mass is 154 g/mol. The summed E-state index contributed by atoms with van der Waals surface area (Å²) in [6.07, 6.45) is 4.83. The topological polar surface area (TPSA) is 35.5 Å². The van der Waals surface area contributed by atoms with Gasteiger partial charge in [-0.1, -0.05) is 12.2 Å². The first kappa shape index (κ1) is 6.85. The van der Waals surface area contributed by atoms with Crippen molar-refractivity contribution in [2.75, 3.05) is 13.2 Å². The van der Waals surface area contributed by atoms with Crippen molar-refractivity contribution in [3.05, 3.63) is 12.2 Å². The van der Waals surface area contributed by atoms with E-state index in [2.05, 4.69) is 0 Å². The molecule has 0 amide bonds. The van der Waals surface area contributed by atoms with Gasteiger partial charge in [-0.3, -0.25) is 4.79 Å². The third-order valence-corrected chi connectivity index (χ3v) is 1.86. The van der Waals surface area contributed by atoms with E-state index in [1.54, 1.807) is 0 Å². The Balaban J connectivity index is 1.61. The molecule has 0 aromatic heterocycles. The Morgan fingerprint density at radius 1 is 1.64 bits per heavy atom. The van der Waals surface area contributed by atoms with Crippen LogP contribution in [0.5, 0.6) is 0 Å². The van der Waals surface area contributed by atoms with E-state index in [4.69, 9.17) is 9.47 Å². The zero-order chi connectivity index (χ0) is 7.68. The molecule has 1 fully saturated rings. The molecule has 11 heavy (non-hydrogen) atoms. The molecular formula is C8H10O3. The molecule has 1 saturated heterocycles. The van der Waals surface area contributed by atoms with E-state index in [9.17, 15) is 4.79 Å². The normalized spacial score (nSPS) is 27.8. The molecule has 0 aromatic rings. The van der Waals surface area contributed by atoms with Crippen molar-refractivity contribution in [1.82, 2.24) is 0 Å². The van der Waals surface area contributed by atoms with Crippen LogP contribution in [0.3, 0.4) is 0 Å². The molecular weight excluding hydrogens is 144 g/mol. The van der Waals surface area contributed by atoms with E-state index < -0.39 is 0 Å². The lowest BCUT2D eigenvalue weighted by molar-refractivity contribution is -0.155. The Morgan fingerprint density at radius 2 is 2.36 bits per heavy atom. The van der Waals surface area contributed by atoms with Gasteiger partial charge in [-0.25, -0.2) is 0 Å². The van der Waals surface area contributed by atoms with Gasteiger partial charge in [0, 0.05) is 13.0 Å². The van der Waals surface area contributed by atoms with Gasteiger partial charge >= 0.3 is 5.97 Å². The zero-order valence-corrected chi connectivity index (χ0v) is 6.16. The Bertz CT molecular complexity index is 188. The number of rotatable bonds is 3. The second-order valence-corrected chi connectivity index (χ2v) is 2.82. The minimum Gasteiger partial charge on any atom is -0.462 e. The highest BCUT2D eigenvalue weighted by Crippen LogP contribution is 2.18. The summed E-state index contributed by atoms with van der Waals surface area (Å²) in [4.78, 5) is 10.9. The summed E-state index contributed by atoms with van der Waals surface area (Å²) < 4.78 is 10.0. The number of ether oxygens (including phenoxy) is 2. The van der Waals surface area contributed by atoms with Gasteiger partial charge in [0.15, 0.2) is 0 Å². The molecule has 0 N–H and O–H groups in total. The van der Waals surface area contributed by atoms with Crippen molar-refractivity contribution in [2.24, 2.45) is 5.92 Å². The summed E-state index contributed by atoms with van der Waals surface area (Å²) in [6, 6.07) is 0. The first-order valence-electron chi connectivity index (χ1n) is 3.83. The number of carbonyl (C=O) groups is 1. The number of esters is 1. The Hall–Kier alpha value is -0.830. The molecule has 0 saturated carbocycles. The maximum absolute atomic E-state index is 10.9. The number of hydrogen-bond donors (Lipinski definition) is 0. The first-order valence-corrected chi connectivity index (χ1v) is 3.83. The number of carbonyl (C=O) groups excluding carboxylic acids is 1. The van der Waals surface area contributed by atoms with E-state index in [1.165, 1.54) is 0 Å². The molecule has 3 nitrogen and oxygen atoms in total. The Morgan fingerprint density at radius 3 is 2.82 bits per heavy atom. The molecule has 1 atom stereocenters. The predicted octanol–water partition coefficient (Wildman–Crippen LogP) is 0.505. The molecule has 0 radical (unpaired) electrons. The van der Waals surface area contributed by atoms with Gasteiger partial charge in [-0.15, -0.1) is 0 Å². The molecule has 2 rings (SSSR count). The Kier molecular flexibility index (Phi) is 1.66. The van der Waals surface area contributed by atoms with Crippen molar-refractivity contribution < 1.29 is 14.3 Å². The third-order valence-electron chi connectivity index (χ3n) is 1.86. The van der Waals surface area contributed by atoms with Crippen LogP contribution in [0, 0.1) is 5.92 Å². The SMILES string of the molecule is O=C(OCC1CCO1)C1C=C1. The van der Waals surface area contributed by atoms with Crippen LogP contribution in [-0.2, 0) is 14.3 Å². The Labute approximate surface area is 65.0 Å². The van der Waals surface area contributed by atoms with Crippen LogP contribution in [0.2, 0.25) is 0 Å². The van der Waals surface area contributed by atoms with E-state index in [0.29, 0.717) is 6.61 Å². The van der Waals surface area contributed by atoms with E-state index >= 15 is 0 Å². The molecule has 0 bridgehead atoms. The zero-order valence-electron chi connectivity index (χ0n) is 6.16. The van der Waals surface area contributed by atoms with Crippen LogP contribution < -0.4 is 0 Å². The van der Waals surface area contributed by atoms with Crippen LogP contribution in [-0.4, -0.2) is 25.3 Å². The fraction of sp³-hybridized carbons (Fsp3) is 0.625. The molecule has 1 heterocycles. The second-order valence-electron chi connectivity index (χ2n) is 2.82.